The van der Waals surface area contributed by atoms with Gasteiger partial charge in [0.2, 0.25) is 0 Å². The number of halogens is 1. The molecule has 0 aliphatic rings. The summed E-state index contributed by atoms with van der Waals surface area (Å²) in [7, 11) is 0. The van der Waals surface area contributed by atoms with Crippen molar-refractivity contribution in [2.75, 3.05) is 13.2 Å². The Kier molecular flexibility index (Phi) is 8.24. The monoisotopic (exact) mass is 426 g/mol. The van der Waals surface area contributed by atoms with Gasteiger partial charge in [0, 0.05) is 25.8 Å². The van der Waals surface area contributed by atoms with Crippen LogP contribution in [-0.4, -0.2) is 45.5 Å². The molecule has 162 valence electrons. The smallest absolute Gasteiger partial charge is 0.407 e. The summed E-state index contributed by atoms with van der Waals surface area (Å²) in [5, 5.41) is 4.00. The Morgan fingerprint density at radius 1 is 1.21 bits per heavy atom. The molecule has 2 heterocycles. The van der Waals surface area contributed by atoms with Crippen LogP contribution in [0.25, 0.3) is 11.0 Å². The lowest BCUT2D eigenvalue weighted by Gasteiger charge is -2.25. The van der Waals surface area contributed by atoms with Crippen molar-refractivity contribution in [1.29, 1.82) is 0 Å². The minimum atomic E-state index is -0.575. The van der Waals surface area contributed by atoms with Crippen molar-refractivity contribution in [2.24, 2.45) is 0 Å². The molecule has 0 aliphatic carbocycles. The Hall–Kier alpha value is -1.90. The summed E-state index contributed by atoms with van der Waals surface area (Å²) in [6, 6.07) is 1.70. The summed E-state index contributed by atoms with van der Waals surface area (Å²) in [5.41, 5.74) is 0.869. The second kappa shape index (κ2) is 10.2. The van der Waals surface area contributed by atoms with Crippen LogP contribution in [-0.2, 0) is 20.8 Å². The Labute approximate surface area is 176 Å². The molecule has 1 atom stereocenters. The van der Waals surface area contributed by atoms with Crippen LogP contribution in [0.3, 0.4) is 0 Å². The first-order valence-electron chi connectivity index (χ1n) is 9.92. The lowest BCUT2D eigenvalue weighted by atomic mass is 10.2. The molecule has 0 aromatic carbocycles. The van der Waals surface area contributed by atoms with Crippen molar-refractivity contribution in [1.82, 2.24) is 19.9 Å². The SMILES string of the molecule is CCOC(OCC)c1cc2c(Cl)ncnc2n1CC(CC)NC(=O)OC(C)(C)C. The minimum Gasteiger partial charge on any atom is -0.444 e. The first-order valence-corrected chi connectivity index (χ1v) is 10.3. The van der Waals surface area contributed by atoms with Gasteiger partial charge in [-0.1, -0.05) is 18.5 Å². The number of hydrogen-bond acceptors (Lipinski definition) is 6. The molecule has 29 heavy (non-hydrogen) atoms. The number of hydrogen-bond donors (Lipinski definition) is 1. The summed E-state index contributed by atoms with van der Waals surface area (Å²) in [4.78, 5) is 20.7. The molecule has 1 unspecified atom stereocenters. The van der Waals surface area contributed by atoms with Crippen molar-refractivity contribution in [3.05, 3.63) is 23.2 Å². The third-order valence-corrected chi connectivity index (χ3v) is 4.47. The standard InChI is InChI=1S/C20H31ClN4O4/c1-7-13(24-19(26)29-20(4,5)6)11-25-15(18(27-8-2)28-9-3)10-14-16(21)22-12-23-17(14)25/h10,12-13,18H,7-9,11H2,1-6H3,(H,24,26). The quantitative estimate of drug-likeness (QED) is 0.470. The maximum absolute atomic E-state index is 12.3. The number of ether oxygens (including phenoxy) is 3. The van der Waals surface area contributed by atoms with E-state index in [1.54, 1.807) is 0 Å². The molecule has 2 aromatic rings. The Morgan fingerprint density at radius 2 is 1.86 bits per heavy atom. The summed E-state index contributed by atoms with van der Waals surface area (Å²) in [5.74, 6) is 0. The lowest BCUT2D eigenvalue weighted by molar-refractivity contribution is -0.144. The van der Waals surface area contributed by atoms with Crippen molar-refractivity contribution in [3.63, 3.8) is 0 Å². The normalized spacial score (nSPS) is 13.1. The third kappa shape index (κ3) is 6.29. The molecule has 0 saturated carbocycles. The van der Waals surface area contributed by atoms with Crippen LogP contribution in [0.2, 0.25) is 5.15 Å². The molecule has 0 spiro atoms. The average Bonchev–Trinajstić information content (AvgIpc) is 2.99. The number of fused-ring (bicyclic) bond motifs is 1. The number of nitrogens with zero attached hydrogens (tertiary/aromatic N) is 3. The van der Waals surface area contributed by atoms with Gasteiger partial charge in [0.25, 0.3) is 0 Å². The third-order valence-electron chi connectivity index (χ3n) is 4.17. The maximum atomic E-state index is 12.3. The van der Waals surface area contributed by atoms with Gasteiger partial charge < -0.3 is 24.1 Å². The molecular formula is C20H31ClN4O4. The molecule has 0 fully saturated rings. The number of nitrogens with one attached hydrogen (secondary N) is 1. The van der Waals surface area contributed by atoms with Crippen LogP contribution in [0.4, 0.5) is 4.79 Å². The topological polar surface area (TPSA) is 87.5 Å². The highest BCUT2D eigenvalue weighted by Crippen LogP contribution is 2.30. The number of aromatic nitrogens is 3. The van der Waals surface area contributed by atoms with Gasteiger partial charge in [0.15, 0.2) is 6.29 Å². The second-order valence-corrected chi connectivity index (χ2v) is 7.93. The lowest BCUT2D eigenvalue weighted by Crippen LogP contribution is -2.41. The number of amides is 1. The largest absolute Gasteiger partial charge is 0.444 e. The predicted octanol–water partition coefficient (Wildman–Crippen LogP) is 4.46. The molecule has 2 rings (SSSR count). The molecule has 0 saturated heterocycles. The summed E-state index contributed by atoms with van der Waals surface area (Å²) >= 11 is 6.29. The van der Waals surface area contributed by atoms with E-state index in [4.69, 9.17) is 25.8 Å². The van der Waals surface area contributed by atoms with Crippen LogP contribution in [0, 0.1) is 0 Å². The van der Waals surface area contributed by atoms with E-state index >= 15 is 0 Å². The van der Waals surface area contributed by atoms with E-state index < -0.39 is 18.0 Å². The predicted molar refractivity (Wildman–Crippen MR) is 112 cm³/mol. The molecule has 0 bridgehead atoms. The van der Waals surface area contributed by atoms with E-state index in [1.165, 1.54) is 6.33 Å². The zero-order valence-electron chi connectivity index (χ0n) is 18.0. The van der Waals surface area contributed by atoms with Gasteiger partial charge in [0.1, 0.15) is 22.7 Å². The van der Waals surface area contributed by atoms with Gasteiger partial charge in [0.05, 0.1) is 11.1 Å². The van der Waals surface area contributed by atoms with Crippen LogP contribution in [0.1, 0.15) is 59.9 Å². The van der Waals surface area contributed by atoms with E-state index in [0.29, 0.717) is 42.4 Å². The van der Waals surface area contributed by atoms with Crippen molar-refractivity contribution in [3.8, 4) is 0 Å². The first-order chi connectivity index (χ1) is 13.7. The summed E-state index contributed by atoms with van der Waals surface area (Å²) < 4.78 is 18.9. The molecule has 9 heteroatoms. The zero-order valence-corrected chi connectivity index (χ0v) is 18.7. The molecule has 1 amide bonds. The summed E-state index contributed by atoms with van der Waals surface area (Å²) in [6.07, 6.45) is 1.09. The zero-order chi connectivity index (χ0) is 21.6. The molecule has 2 aromatic heterocycles. The fourth-order valence-electron chi connectivity index (χ4n) is 2.93. The van der Waals surface area contributed by atoms with Gasteiger partial charge >= 0.3 is 6.09 Å². The van der Waals surface area contributed by atoms with Gasteiger partial charge in [-0.05, 0) is 47.1 Å². The number of alkyl carbamates (subject to hydrolysis) is 1. The minimum absolute atomic E-state index is 0.183. The fraction of sp³-hybridized carbons (Fsp3) is 0.650. The first kappa shape index (κ1) is 23.4. The van der Waals surface area contributed by atoms with E-state index in [9.17, 15) is 4.79 Å². The van der Waals surface area contributed by atoms with Crippen molar-refractivity contribution >= 4 is 28.7 Å². The van der Waals surface area contributed by atoms with Gasteiger partial charge in [-0.2, -0.15) is 0 Å². The van der Waals surface area contributed by atoms with E-state index in [2.05, 4.69) is 15.3 Å². The number of rotatable bonds is 9. The molecule has 0 aliphatic heterocycles. The molecular weight excluding hydrogens is 396 g/mol. The highest BCUT2D eigenvalue weighted by molar-refractivity contribution is 6.33. The van der Waals surface area contributed by atoms with E-state index in [0.717, 1.165) is 5.69 Å². The van der Waals surface area contributed by atoms with E-state index in [-0.39, 0.29) is 6.04 Å². The van der Waals surface area contributed by atoms with Crippen LogP contribution >= 0.6 is 11.6 Å². The van der Waals surface area contributed by atoms with Crippen LogP contribution in [0.15, 0.2) is 12.4 Å². The average molecular weight is 427 g/mol. The highest BCUT2D eigenvalue weighted by atomic mass is 35.5. The van der Waals surface area contributed by atoms with Gasteiger partial charge in [-0.25, -0.2) is 14.8 Å². The van der Waals surface area contributed by atoms with Crippen molar-refractivity contribution in [2.45, 2.75) is 72.4 Å². The molecule has 1 N–H and O–H groups in total. The Bertz CT molecular complexity index is 813. The Balaban J connectivity index is 2.39. The Morgan fingerprint density at radius 3 is 2.41 bits per heavy atom. The van der Waals surface area contributed by atoms with Gasteiger partial charge in [-0.3, -0.25) is 0 Å². The van der Waals surface area contributed by atoms with Gasteiger partial charge in [-0.15, -0.1) is 0 Å². The molecule has 8 nitrogen and oxygen atoms in total. The summed E-state index contributed by atoms with van der Waals surface area (Å²) in [6.45, 7) is 12.7. The second-order valence-electron chi connectivity index (χ2n) is 7.58. The van der Waals surface area contributed by atoms with E-state index in [1.807, 2.05) is 52.2 Å². The molecule has 0 radical (unpaired) electrons. The van der Waals surface area contributed by atoms with Crippen LogP contribution < -0.4 is 5.32 Å². The van der Waals surface area contributed by atoms with Crippen molar-refractivity contribution < 1.29 is 19.0 Å². The number of carbonyl (C=O) groups excluding carboxylic acids is 1. The number of carbonyl (C=O) groups is 1. The van der Waals surface area contributed by atoms with Crippen LogP contribution in [0.5, 0.6) is 0 Å². The highest BCUT2D eigenvalue weighted by Gasteiger charge is 2.25. The maximum Gasteiger partial charge on any atom is 0.407 e. The fourth-order valence-corrected chi connectivity index (χ4v) is 3.12.